The lowest BCUT2D eigenvalue weighted by Gasteiger charge is -2.25. The summed E-state index contributed by atoms with van der Waals surface area (Å²) in [5.41, 5.74) is 0.126. The Bertz CT molecular complexity index is 470. The number of halogens is 2. The number of hydrogen-bond acceptors (Lipinski definition) is 2. The first-order chi connectivity index (χ1) is 10.1. The predicted octanol–water partition coefficient (Wildman–Crippen LogP) is 3.25. The number of carbonyl (C=O) groups excluding carboxylic acids is 1. The topological polar surface area (TPSA) is 41.6 Å². The van der Waals surface area contributed by atoms with Crippen LogP contribution < -0.4 is 5.32 Å². The Kier molecular flexibility index (Phi) is 5.50. The Morgan fingerprint density at radius 3 is 2.67 bits per heavy atom. The van der Waals surface area contributed by atoms with Crippen LogP contribution >= 0.6 is 0 Å². The average Bonchev–Trinajstić information content (AvgIpc) is 2.89. The molecule has 1 unspecified atom stereocenters. The zero-order valence-corrected chi connectivity index (χ0v) is 12.1. The molecule has 0 saturated carbocycles. The third-order valence-corrected chi connectivity index (χ3v) is 3.40. The molecule has 0 aliphatic carbocycles. The molecule has 1 fully saturated rings. The van der Waals surface area contributed by atoms with Crippen LogP contribution in [0.15, 0.2) is 18.2 Å². The van der Waals surface area contributed by atoms with E-state index in [2.05, 4.69) is 5.32 Å². The Morgan fingerprint density at radius 1 is 1.38 bits per heavy atom. The van der Waals surface area contributed by atoms with Crippen LogP contribution in [-0.4, -0.2) is 37.2 Å². The van der Waals surface area contributed by atoms with Crippen LogP contribution in [0.4, 0.5) is 19.3 Å². The molecule has 6 heteroatoms. The van der Waals surface area contributed by atoms with E-state index < -0.39 is 11.6 Å². The molecule has 1 N–H and O–H groups in total. The van der Waals surface area contributed by atoms with Crippen molar-refractivity contribution < 1.29 is 18.3 Å². The van der Waals surface area contributed by atoms with Gasteiger partial charge in [0, 0.05) is 37.4 Å². The van der Waals surface area contributed by atoms with E-state index in [1.165, 1.54) is 0 Å². The van der Waals surface area contributed by atoms with Crippen molar-refractivity contribution >= 4 is 11.7 Å². The lowest BCUT2D eigenvalue weighted by molar-refractivity contribution is 0.169. The van der Waals surface area contributed by atoms with Crippen molar-refractivity contribution in [3.63, 3.8) is 0 Å². The van der Waals surface area contributed by atoms with Crippen LogP contribution in [0.2, 0.25) is 0 Å². The third-order valence-electron chi connectivity index (χ3n) is 3.40. The van der Waals surface area contributed by atoms with Crippen LogP contribution in [0.5, 0.6) is 0 Å². The molecule has 2 amide bonds. The Morgan fingerprint density at radius 2 is 2.10 bits per heavy atom. The summed E-state index contributed by atoms with van der Waals surface area (Å²) in [4.78, 5) is 13.9. The van der Waals surface area contributed by atoms with Gasteiger partial charge < -0.3 is 15.0 Å². The molecule has 0 spiro atoms. The Hall–Kier alpha value is -1.69. The number of nitrogens with one attached hydrogen (secondary N) is 1. The van der Waals surface area contributed by atoms with Gasteiger partial charge >= 0.3 is 6.03 Å². The summed E-state index contributed by atoms with van der Waals surface area (Å²) in [5, 5.41) is 2.55. The summed E-state index contributed by atoms with van der Waals surface area (Å²) in [5.74, 6) is -1.10. The molecule has 1 aromatic rings. The summed E-state index contributed by atoms with van der Waals surface area (Å²) in [6.45, 7) is 4.55. The van der Waals surface area contributed by atoms with E-state index >= 15 is 0 Å². The zero-order chi connectivity index (χ0) is 15.2. The van der Waals surface area contributed by atoms with Crippen molar-refractivity contribution in [2.24, 2.45) is 5.92 Å². The van der Waals surface area contributed by atoms with Gasteiger partial charge in [0.1, 0.15) is 11.6 Å². The van der Waals surface area contributed by atoms with Gasteiger partial charge in [0.15, 0.2) is 0 Å². The van der Waals surface area contributed by atoms with E-state index in [9.17, 15) is 13.6 Å². The van der Waals surface area contributed by atoms with Gasteiger partial charge in [-0.2, -0.15) is 0 Å². The summed E-state index contributed by atoms with van der Waals surface area (Å²) in [7, 11) is 0. The fourth-order valence-electron chi connectivity index (χ4n) is 2.41. The van der Waals surface area contributed by atoms with Crippen molar-refractivity contribution in [3.8, 4) is 0 Å². The minimum absolute atomic E-state index is 0.126. The molecule has 2 rings (SSSR count). The van der Waals surface area contributed by atoms with Crippen LogP contribution in [0.1, 0.15) is 19.8 Å². The molecular weight excluding hydrogens is 278 g/mol. The molecule has 1 saturated heterocycles. The van der Waals surface area contributed by atoms with Gasteiger partial charge in [-0.3, -0.25) is 0 Å². The number of amides is 2. The van der Waals surface area contributed by atoms with Crippen LogP contribution in [-0.2, 0) is 4.74 Å². The molecule has 1 heterocycles. The molecule has 116 valence electrons. The lowest BCUT2D eigenvalue weighted by Crippen LogP contribution is -2.39. The van der Waals surface area contributed by atoms with Gasteiger partial charge in [0.2, 0.25) is 0 Å². The summed E-state index contributed by atoms with van der Waals surface area (Å²) in [6, 6.07) is 2.64. The molecule has 1 aliphatic rings. The van der Waals surface area contributed by atoms with E-state index in [0.717, 1.165) is 37.6 Å². The SMILES string of the molecule is CCCN(CC1CCOC1)C(=O)Nc1cc(F)cc(F)c1. The first-order valence-electron chi connectivity index (χ1n) is 7.18. The highest BCUT2D eigenvalue weighted by molar-refractivity contribution is 5.89. The number of carbonyl (C=O) groups is 1. The molecule has 1 atom stereocenters. The highest BCUT2D eigenvalue weighted by atomic mass is 19.1. The zero-order valence-electron chi connectivity index (χ0n) is 12.1. The molecular formula is C15H20F2N2O2. The van der Waals surface area contributed by atoms with Gasteiger partial charge in [-0.25, -0.2) is 13.6 Å². The van der Waals surface area contributed by atoms with Gasteiger partial charge in [0.25, 0.3) is 0 Å². The van der Waals surface area contributed by atoms with Crippen molar-refractivity contribution in [1.29, 1.82) is 0 Å². The number of anilines is 1. The maximum absolute atomic E-state index is 13.1. The molecule has 21 heavy (non-hydrogen) atoms. The number of benzene rings is 1. The third kappa shape index (κ3) is 4.67. The first-order valence-corrected chi connectivity index (χ1v) is 7.18. The van der Waals surface area contributed by atoms with Gasteiger partial charge in [-0.1, -0.05) is 6.92 Å². The summed E-state index contributed by atoms with van der Waals surface area (Å²) >= 11 is 0. The van der Waals surface area contributed by atoms with Crippen LogP contribution in [0, 0.1) is 17.6 Å². The highest BCUT2D eigenvalue weighted by Crippen LogP contribution is 2.17. The quantitative estimate of drug-likeness (QED) is 0.906. The van der Waals surface area contributed by atoms with Crippen LogP contribution in [0.3, 0.4) is 0 Å². The Labute approximate surface area is 123 Å². The minimum atomic E-state index is -0.712. The Balaban J connectivity index is 1.99. The summed E-state index contributed by atoms with van der Waals surface area (Å²) in [6.07, 6.45) is 1.75. The second-order valence-corrected chi connectivity index (χ2v) is 5.26. The highest BCUT2D eigenvalue weighted by Gasteiger charge is 2.22. The van der Waals surface area contributed by atoms with Gasteiger partial charge in [-0.15, -0.1) is 0 Å². The standard InChI is InChI=1S/C15H20F2N2O2/c1-2-4-19(9-11-3-5-21-10-11)15(20)18-14-7-12(16)6-13(17)8-14/h6-8,11H,2-5,9-10H2,1H3,(H,18,20). The fraction of sp³-hybridized carbons (Fsp3) is 0.533. The van der Waals surface area contributed by atoms with E-state index in [1.54, 1.807) is 4.90 Å². The van der Waals surface area contributed by atoms with Crippen LogP contribution in [0.25, 0.3) is 0 Å². The monoisotopic (exact) mass is 298 g/mol. The molecule has 1 aliphatic heterocycles. The number of hydrogen-bond donors (Lipinski definition) is 1. The minimum Gasteiger partial charge on any atom is -0.381 e. The average molecular weight is 298 g/mol. The number of nitrogens with zero attached hydrogens (tertiary/aromatic N) is 1. The molecule has 0 radical (unpaired) electrons. The lowest BCUT2D eigenvalue weighted by atomic mass is 10.1. The normalized spacial score (nSPS) is 17.8. The first kappa shape index (κ1) is 15.7. The predicted molar refractivity (Wildman–Crippen MR) is 76.2 cm³/mol. The molecule has 4 nitrogen and oxygen atoms in total. The van der Waals surface area contributed by atoms with Crippen molar-refractivity contribution in [1.82, 2.24) is 4.90 Å². The summed E-state index contributed by atoms with van der Waals surface area (Å²) < 4.78 is 31.6. The maximum atomic E-state index is 13.1. The second kappa shape index (κ2) is 7.36. The number of urea groups is 1. The van der Waals surface area contributed by atoms with E-state index in [1.807, 2.05) is 6.92 Å². The number of rotatable bonds is 5. The van der Waals surface area contributed by atoms with E-state index in [0.29, 0.717) is 25.6 Å². The second-order valence-electron chi connectivity index (χ2n) is 5.26. The molecule has 1 aromatic carbocycles. The van der Waals surface area contributed by atoms with Crippen molar-refractivity contribution in [2.75, 3.05) is 31.6 Å². The van der Waals surface area contributed by atoms with Gasteiger partial charge in [0.05, 0.1) is 6.61 Å². The number of ether oxygens (including phenoxy) is 1. The largest absolute Gasteiger partial charge is 0.381 e. The fourth-order valence-corrected chi connectivity index (χ4v) is 2.41. The molecule has 0 bridgehead atoms. The van der Waals surface area contributed by atoms with E-state index in [-0.39, 0.29) is 11.7 Å². The van der Waals surface area contributed by atoms with Crippen molar-refractivity contribution in [2.45, 2.75) is 19.8 Å². The smallest absolute Gasteiger partial charge is 0.321 e. The maximum Gasteiger partial charge on any atom is 0.321 e. The molecule has 0 aromatic heterocycles. The van der Waals surface area contributed by atoms with E-state index in [4.69, 9.17) is 4.74 Å². The van der Waals surface area contributed by atoms with Gasteiger partial charge in [-0.05, 0) is 25.0 Å². The van der Waals surface area contributed by atoms with Crippen molar-refractivity contribution in [3.05, 3.63) is 29.8 Å².